The number of hydrogen-bond acceptors (Lipinski definition) is 7. The van der Waals surface area contributed by atoms with E-state index in [0.717, 1.165) is 142 Å². The largest absolute Gasteiger partial charge is 0.480 e. The molecule has 0 rings (SSSR count). The van der Waals surface area contributed by atoms with E-state index in [-0.39, 0.29) is 18.0 Å². The van der Waals surface area contributed by atoms with E-state index in [1.807, 2.05) is 0 Å². The normalized spacial score (nSPS) is 12.7. The minimum absolute atomic E-state index is 0.00909. The molecule has 0 spiro atoms. The molecule has 3 N–H and O–H groups in total. The highest BCUT2D eigenvalue weighted by Crippen LogP contribution is 2.18. The number of unbranched alkanes of at least 4 members (excludes halogenated alkanes) is 18. The lowest BCUT2D eigenvalue weighted by molar-refractivity contribution is -0.150. The first-order chi connectivity index (χ1) is 23.8. The summed E-state index contributed by atoms with van der Waals surface area (Å²) in [5.41, 5.74) is 5.70. The predicted molar refractivity (Wildman–Crippen MR) is 204 cm³/mol. The van der Waals surface area contributed by atoms with Crippen LogP contribution in [0, 0.1) is 0 Å². The molecule has 0 amide bonds. The second-order valence-electron chi connectivity index (χ2n) is 14.4. The molecule has 0 saturated heterocycles. The van der Waals surface area contributed by atoms with Gasteiger partial charge in [-0.2, -0.15) is 0 Å². The van der Waals surface area contributed by atoms with Gasteiger partial charge in [-0.3, -0.25) is 14.4 Å². The Labute approximate surface area is 302 Å². The quantitative estimate of drug-likeness (QED) is 0.0483. The molecule has 0 aliphatic heterocycles. The van der Waals surface area contributed by atoms with Crippen molar-refractivity contribution in [2.75, 3.05) is 26.2 Å². The summed E-state index contributed by atoms with van der Waals surface area (Å²) < 4.78 is 11.3. The highest BCUT2D eigenvalue weighted by atomic mass is 16.5. The number of aliphatic carboxylic acids is 1. The van der Waals surface area contributed by atoms with E-state index in [9.17, 15) is 14.4 Å². The van der Waals surface area contributed by atoms with Gasteiger partial charge in [-0.15, -0.1) is 0 Å². The molecule has 2 unspecified atom stereocenters. The number of carboxylic acid groups (broad SMARTS) is 1. The molecule has 0 aromatic heterocycles. The van der Waals surface area contributed by atoms with Gasteiger partial charge in [-0.05, 0) is 90.3 Å². The summed E-state index contributed by atoms with van der Waals surface area (Å²) in [7, 11) is 0. The van der Waals surface area contributed by atoms with Crippen LogP contribution < -0.4 is 5.73 Å². The lowest BCUT2D eigenvalue weighted by Gasteiger charge is -2.22. The van der Waals surface area contributed by atoms with Crippen molar-refractivity contribution in [2.24, 2.45) is 5.73 Å². The van der Waals surface area contributed by atoms with Crippen molar-refractivity contribution in [3.63, 3.8) is 0 Å². The molecule has 0 fully saturated rings. The van der Waals surface area contributed by atoms with Crippen LogP contribution in [-0.2, 0) is 23.9 Å². The maximum absolute atomic E-state index is 12.6. The zero-order chi connectivity index (χ0) is 36.2. The number of carbonyl (C=O) groups excluding carboxylic acids is 2. The molecule has 0 aliphatic carbocycles. The molecule has 2 atom stereocenters. The van der Waals surface area contributed by atoms with Crippen LogP contribution in [0.1, 0.15) is 207 Å². The van der Waals surface area contributed by atoms with Gasteiger partial charge in [0.05, 0.1) is 6.61 Å². The minimum atomic E-state index is -0.921. The average molecular weight is 697 g/mol. The minimum Gasteiger partial charge on any atom is -0.480 e. The second-order valence-corrected chi connectivity index (χ2v) is 14.4. The van der Waals surface area contributed by atoms with Gasteiger partial charge in [0.2, 0.25) is 0 Å². The summed E-state index contributed by atoms with van der Waals surface area (Å²) >= 11 is 0. The van der Waals surface area contributed by atoms with Crippen molar-refractivity contribution in [3.8, 4) is 0 Å². The summed E-state index contributed by atoms with van der Waals surface area (Å²) in [6.45, 7) is 10.2. The Morgan fingerprint density at radius 3 is 1.49 bits per heavy atom. The summed E-state index contributed by atoms with van der Waals surface area (Å²) in [4.78, 5) is 38.1. The molecule has 0 bridgehead atoms. The van der Waals surface area contributed by atoms with Gasteiger partial charge in [-0.1, -0.05) is 124 Å². The maximum atomic E-state index is 12.6. The maximum Gasteiger partial charge on any atom is 0.320 e. The average Bonchev–Trinajstić information content (AvgIpc) is 3.08. The van der Waals surface area contributed by atoms with Gasteiger partial charge in [0.1, 0.15) is 12.1 Å². The van der Waals surface area contributed by atoms with Gasteiger partial charge in [0.25, 0.3) is 0 Å². The van der Waals surface area contributed by atoms with Gasteiger partial charge in [0, 0.05) is 12.8 Å². The number of ether oxygens (including phenoxy) is 2. The van der Waals surface area contributed by atoms with Gasteiger partial charge in [-0.25, -0.2) is 0 Å². The number of carboxylic acids is 1. The van der Waals surface area contributed by atoms with Crippen molar-refractivity contribution in [1.29, 1.82) is 0 Å². The van der Waals surface area contributed by atoms with Crippen LogP contribution in [0.3, 0.4) is 0 Å². The molecule has 0 aromatic rings. The van der Waals surface area contributed by atoms with Gasteiger partial charge >= 0.3 is 17.9 Å². The number of nitrogens with zero attached hydrogens (tertiary/aromatic N) is 1. The Kier molecular flexibility index (Phi) is 34.9. The Hall–Kier alpha value is -1.67. The van der Waals surface area contributed by atoms with Crippen LogP contribution >= 0.6 is 0 Å². The molecule has 0 aliphatic rings. The van der Waals surface area contributed by atoms with Gasteiger partial charge < -0.3 is 25.2 Å². The summed E-state index contributed by atoms with van der Waals surface area (Å²) in [6, 6.07) is -0.772. The van der Waals surface area contributed by atoms with Crippen LogP contribution in [-0.4, -0.2) is 66.3 Å². The fourth-order valence-electron chi connectivity index (χ4n) is 6.32. The molecular weight excluding hydrogens is 616 g/mol. The third kappa shape index (κ3) is 33.2. The van der Waals surface area contributed by atoms with Crippen LogP contribution in [0.2, 0.25) is 0 Å². The summed E-state index contributed by atoms with van der Waals surface area (Å²) in [5, 5.41) is 9.07. The molecular formula is C41H80N2O6. The second kappa shape index (κ2) is 36.1. The zero-order valence-corrected chi connectivity index (χ0v) is 32.5. The zero-order valence-electron chi connectivity index (χ0n) is 32.5. The molecule has 0 saturated carbocycles. The molecule has 8 nitrogen and oxygen atoms in total. The number of hydrogen-bond donors (Lipinski definition) is 2. The third-order valence-electron chi connectivity index (χ3n) is 9.59. The van der Waals surface area contributed by atoms with Crippen LogP contribution in [0.25, 0.3) is 0 Å². The molecule has 0 heterocycles. The Bertz CT molecular complexity index is 764. The number of esters is 2. The highest BCUT2D eigenvalue weighted by Gasteiger charge is 2.15. The molecule has 8 heteroatoms. The monoisotopic (exact) mass is 697 g/mol. The molecule has 0 radical (unpaired) electrons. The van der Waals surface area contributed by atoms with Crippen LogP contribution in [0.15, 0.2) is 0 Å². The Balaban J connectivity index is 4.32. The fourth-order valence-corrected chi connectivity index (χ4v) is 6.32. The number of nitrogens with two attached hydrogens (primary N) is 1. The van der Waals surface area contributed by atoms with Crippen molar-refractivity contribution < 1.29 is 29.0 Å². The SMILES string of the molecule is CCCCCCCC(CCCCCC)OC(=O)CCCCCCCN(CCCCCCCC(=O)OCCCCC)CCCCC(N)C(=O)O. The van der Waals surface area contributed by atoms with Crippen LogP contribution in [0.5, 0.6) is 0 Å². The van der Waals surface area contributed by atoms with Crippen molar-refractivity contribution in [1.82, 2.24) is 4.90 Å². The Morgan fingerprint density at radius 2 is 0.939 bits per heavy atom. The van der Waals surface area contributed by atoms with Crippen molar-refractivity contribution in [3.05, 3.63) is 0 Å². The lowest BCUT2D eigenvalue weighted by Crippen LogP contribution is -2.31. The third-order valence-corrected chi connectivity index (χ3v) is 9.59. The van der Waals surface area contributed by atoms with Crippen LogP contribution in [0.4, 0.5) is 0 Å². The predicted octanol–water partition coefficient (Wildman–Crippen LogP) is 10.5. The van der Waals surface area contributed by atoms with E-state index in [2.05, 4.69) is 25.7 Å². The van der Waals surface area contributed by atoms with E-state index in [1.165, 1.54) is 44.9 Å². The summed E-state index contributed by atoms with van der Waals surface area (Å²) in [5.74, 6) is -0.991. The first-order valence-electron chi connectivity index (χ1n) is 20.9. The number of carbonyl (C=O) groups is 3. The smallest absolute Gasteiger partial charge is 0.320 e. The highest BCUT2D eigenvalue weighted by molar-refractivity contribution is 5.73. The van der Waals surface area contributed by atoms with E-state index >= 15 is 0 Å². The first kappa shape index (κ1) is 47.3. The molecule has 49 heavy (non-hydrogen) atoms. The molecule has 0 aromatic carbocycles. The summed E-state index contributed by atoms with van der Waals surface area (Å²) in [6.07, 6.45) is 30.6. The van der Waals surface area contributed by atoms with Gasteiger partial charge in [0.15, 0.2) is 0 Å². The lowest BCUT2D eigenvalue weighted by atomic mass is 10.0. The Morgan fingerprint density at radius 1 is 0.531 bits per heavy atom. The fraction of sp³-hybridized carbons (Fsp3) is 0.927. The van der Waals surface area contributed by atoms with Crippen molar-refractivity contribution in [2.45, 2.75) is 219 Å². The van der Waals surface area contributed by atoms with Crippen molar-refractivity contribution >= 4 is 17.9 Å². The van der Waals surface area contributed by atoms with E-state index in [0.29, 0.717) is 25.9 Å². The topological polar surface area (TPSA) is 119 Å². The first-order valence-corrected chi connectivity index (χ1v) is 20.9. The van der Waals surface area contributed by atoms with E-state index < -0.39 is 12.0 Å². The number of rotatable bonds is 38. The van der Waals surface area contributed by atoms with E-state index in [1.54, 1.807) is 0 Å². The standard InChI is InChI=1S/C41H80N2O6/c1-4-7-10-14-20-29-37(28-19-11-8-5-2)49-40(45)32-22-16-13-18-25-34-43(35-26-23-30-38(42)41(46)47)33-24-17-12-15-21-31-39(44)48-36-27-9-6-3/h37-38H,4-36,42H2,1-3H3,(H,46,47). The molecule has 290 valence electrons. The van der Waals surface area contributed by atoms with E-state index in [4.69, 9.17) is 20.3 Å².